The Balaban J connectivity index is 1.45. The number of likely N-dealkylation sites (tertiary alicyclic amines) is 1. The van der Waals surface area contributed by atoms with Gasteiger partial charge in [-0.3, -0.25) is 0 Å². The number of benzene rings is 1. The van der Waals surface area contributed by atoms with Crippen LogP contribution in [0, 0.1) is 0 Å². The van der Waals surface area contributed by atoms with Gasteiger partial charge in [0.1, 0.15) is 0 Å². The normalized spacial score (nSPS) is 29.9. The van der Waals surface area contributed by atoms with Crippen molar-refractivity contribution >= 4 is 11.8 Å². The number of rotatable bonds is 3. The molecule has 17 heavy (non-hydrogen) atoms. The summed E-state index contributed by atoms with van der Waals surface area (Å²) in [5.41, 5.74) is 0. The Bertz CT molecular complexity index is 339. The summed E-state index contributed by atoms with van der Waals surface area (Å²) in [6, 6.07) is 11.8. The molecule has 2 aliphatic rings. The van der Waals surface area contributed by atoms with E-state index in [4.69, 9.17) is 0 Å². The molecule has 0 atom stereocenters. The Hall–Kier alpha value is -0.470. The van der Waals surface area contributed by atoms with E-state index in [-0.39, 0.29) is 0 Å². The van der Waals surface area contributed by atoms with Crippen LogP contribution in [-0.4, -0.2) is 29.3 Å². The van der Waals surface area contributed by atoms with Crippen molar-refractivity contribution in [3.8, 4) is 0 Å². The van der Waals surface area contributed by atoms with E-state index in [1.165, 1.54) is 50.1 Å². The smallest absolute Gasteiger partial charge is 0.0124 e. The molecule has 0 bridgehead atoms. The number of piperidine rings is 1. The van der Waals surface area contributed by atoms with Crippen LogP contribution >= 0.6 is 11.8 Å². The molecule has 2 heteroatoms. The summed E-state index contributed by atoms with van der Waals surface area (Å²) in [6.45, 7) is 2.71. The van der Waals surface area contributed by atoms with Gasteiger partial charge in [-0.25, -0.2) is 0 Å². The van der Waals surface area contributed by atoms with Crippen LogP contribution in [0.1, 0.15) is 32.1 Å². The van der Waals surface area contributed by atoms with E-state index in [1.807, 2.05) is 0 Å². The van der Waals surface area contributed by atoms with Gasteiger partial charge in [0.25, 0.3) is 0 Å². The molecule has 1 aromatic rings. The number of thioether (sulfide) groups is 1. The van der Waals surface area contributed by atoms with E-state index in [2.05, 4.69) is 47.0 Å². The summed E-state index contributed by atoms with van der Waals surface area (Å²) in [5, 5.41) is 0.865. The third-order valence-corrected chi connectivity index (χ3v) is 5.29. The van der Waals surface area contributed by atoms with Gasteiger partial charge in [0.05, 0.1) is 0 Å². The Morgan fingerprint density at radius 3 is 2.35 bits per heavy atom. The molecule has 1 heterocycles. The molecule has 1 nitrogen and oxygen atoms in total. The summed E-state index contributed by atoms with van der Waals surface area (Å²) >= 11 is 2.07. The van der Waals surface area contributed by atoms with E-state index < -0.39 is 0 Å². The molecule has 0 spiro atoms. The van der Waals surface area contributed by atoms with Gasteiger partial charge in [-0.1, -0.05) is 24.6 Å². The van der Waals surface area contributed by atoms with Crippen LogP contribution in [0.15, 0.2) is 35.2 Å². The molecule has 0 amide bonds. The van der Waals surface area contributed by atoms with Crippen molar-refractivity contribution < 1.29 is 0 Å². The van der Waals surface area contributed by atoms with E-state index in [0.29, 0.717) is 0 Å². The quantitative estimate of drug-likeness (QED) is 0.799. The molecule has 0 radical (unpaired) electrons. The second-order valence-electron chi connectivity index (χ2n) is 5.27. The van der Waals surface area contributed by atoms with Crippen molar-refractivity contribution in [1.82, 2.24) is 4.90 Å². The molecule has 1 aliphatic heterocycles. The van der Waals surface area contributed by atoms with E-state index in [0.717, 1.165) is 11.3 Å². The van der Waals surface area contributed by atoms with E-state index in [1.54, 1.807) is 0 Å². The highest BCUT2D eigenvalue weighted by atomic mass is 32.2. The van der Waals surface area contributed by atoms with Gasteiger partial charge in [-0.05, 0) is 50.9 Å². The summed E-state index contributed by atoms with van der Waals surface area (Å²) in [6.07, 6.45) is 7.10. The first-order valence-corrected chi connectivity index (χ1v) is 7.75. The molecule has 0 N–H and O–H groups in total. The van der Waals surface area contributed by atoms with Crippen LogP contribution in [0.3, 0.4) is 0 Å². The van der Waals surface area contributed by atoms with Crippen LogP contribution in [0.25, 0.3) is 0 Å². The fourth-order valence-corrected chi connectivity index (χ4v) is 4.24. The third-order valence-electron chi connectivity index (χ3n) is 4.02. The highest BCUT2D eigenvalue weighted by Gasteiger charge is 2.34. The van der Waals surface area contributed by atoms with Gasteiger partial charge in [0, 0.05) is 16.2 Å². The molecule has 0 aromatic heterocycles. The van der Waals surface area contributed by atoms with Crippen molar-refractivity contribution in [2.45, 2.75) is 48.3 Å². The molecule has 92 valence electrons. The van der Waals surface area contributed by atoms with Crippen molar-refractivity contribution in [2.24, 2.45) is 0 Å². The van der Waals surface area contributed by atoms with Crippen LogP contribution in [-0.2, 0) is 0 Å². The highest BCUT2D eigenvalue weighted by Crippen LogP contribution is 2.39. The molecule has 2 fully saturated rings. The number of hydrogen-bond acceptors (Lipinski definition) is 2. The standard InChI is InChI=1S/C15H21NS/c1-3-7-14(8-4-1)17-15-11-13(12-15)16-9-5-2-6-10-16/h1,3-4,7-8,13,15H,2,5-6,9-12H2. The zero-order valence-electron chi connectivity index (χ0n) is 10.3. The Labute approximate surface area is 109 Å². The van der Waals surface area contributed by atoms with Gasteiger partial charge in [0.2, 0.25) is 0 Å². The summed E-state index contributed by atoms with van der Waals surface area (Å²) < 4.78 is 0. The molecule has 1 saturated heterocycles. The van der Waals surface area contributed by atoms with Crippen LogP contribution in [0.2, 0.25) is 0 Å². The molecule has 1 aromatic carbocycles. The lowest BCUT2D eigenvalue weighted by Gasteiger charge is -2.44. The van der Waals surface area contributed by atoms with E-state index in [9.17, 15) is 0 Å². The minimum atomic E-state index is 0.865. The first-order chi connectivity index (χ1) is 8.42. The minimum absolute atomic E-state index is 0.865. The van der Waals surface area contributed by atoms with Crippen LogP contribution in [0.5, 0.6) is 0 Å². The van der Waals surface area contributed by atoms with Crippen molar-refractivity contribution in [2.75, 3.05) is 13.1 Å². The molecule has 0 unspecified atom stereocenters. The average molecular weight is 247 g/mol. The first kappa shape index (κ1) is 11.6. The zero-order chi connectivity index (χ0) is 11.5. The summed E-state index contributed by atoms with van der Waals surface area (Å²) in [4.78, 5) is 4.17. The third kappa shape index (κ3) is 2.86. The molecule has 3 rings (SSSR count). The Morgan fingerprint density at radius 2 is 1.65 bits per heavy atom. The van der Waals surface area contributed by atoms with Crippen LogP contribution in [0.4, 0.5) is 0 Å². The predicted molar refractivity (Wildman–Crippen MR) is 74.5 cm³/mol. The molecule has 1 saturated carbocycles. The zero-order valence-corrected chi connectivity index (χ0v) is 11.2. The number of hydrogen-bond donors (Lipinski definition) is 0. The van der Waals surface area contributed by atoms with Crippen molar-refractivity contribution in [1.29, 1.82) is 0 Å². The maximum absolute atomic E-state index is 2.73. The van der Waals surface area contributed by atoms with Gasteiger partial charge < -0.3 is 4.90 Å². The topological polar surface area (TPSA) is 3.24 Å². The maximum Gasteiger partial charge on any atom is 0.0124 e. The Kier molecular flexibility index (Phi) is 3.72. The predicted octanol–water partition coefficient (Wildman–Crippen LogP) is 3.80. The minimum Gasteiger partial charge on any atom is -0.300 e. The van der Waals surface area contributed by atoms with Gasteiger partial charge in [0.15, 0.2) is 0 Å². The SMILES string of the molecule is c1ccc(SC2CC(N3CCCCC3)C2)cc1. The Morgan fingerprint density at radius 1 is 0.941 bits per heavy atom. The maximum atomic E-state index is 2.73. The first-order valence-electron chi connectivity index (χ1n) is 6.87. The fraction of sp³-hybridized carbons (Fsp3) is 0.600. The van der Waals surface area contributed by atoms with Gasteiger partial charge >= 0.3 is 0 Å². The molecular weight excluding hydrogens is 226 g/mol. The van der Waals surface area contributed by atoms with E-state index >= 15 is 0 Å². The fourth-order valence-electron chi connectivity index (χ4n) is 2.91. The highest BCUT2D eigenvalue weighted by molar-refractivity contribution is 8.00. The molecular formula is C15H21NS. The van der Waals surface area contributed by atoms with Crippen molar-refractivity contribution in [3.63, 3.8) is 0 Å². The van der Waals surface area contributed by atoms with Crippen molar-refractivity contribution in [3.05, 3.63) is 30.3 Å². The largest absolute Gasteiger partial charge is 0.300 e. The number of nitrogens with zero attached hydrogens (tertiary/aromatic N) is 1. The summed E-state index contributed by atoms with van der Waals surface area (Å²) in [7, 11) is 0. The monoisotopic (exact) mass is 247 g/mol. The van der Waals surface area contributed by atoms with Gasteiger partial charge in [-0.2, -0.15) is 0 Å². The molecule has 1 aliphatic carbocycles. The summed E-state index contributed by atoms with van der Waals surface area (Å²) in [5.74, 6) is 0. The lowest BCUT2D eigenvalue weighted by molar-refractivity contribution is 0.109. The lowest BCUT2D eigenvalue weighted by Crippen LogP contribution is -2.48. The van der Waals surface area contributed by atoms with Crippen LogP contribution < -0.4 is 0 Å². The van der Waals surface area contributed by atoms with Gasteiger partial charge in [-0.15, -0.1) is 11.8 Å². The second kappa shape index (κ2) is 5.45. The second-order valence-corrected chi connectivity index (χ2v) is 6.65. The average Bonchev–Trinajstić information content (AvgIpc) is 2.36. The lowest BCUT2D eigenvalue weighted by atomic mass is 9.89.